The summed E-state index contributed by atoms with van der Waals surface area (Å²) in [5, 5.41) is 4.01. The first-order valence-electron chi connectivity index (χ1n) is 10.5. The van der Waals surface area contributed by atoms with Gasteiger partial charge < -0.3 is 19.9 Å². The molecule has 2 aromatic carbocycles. The van der Waals surface area contributed by atoms with Gasteiger partial charge in [-0.2, -0.15) is 0 Å². The molecule has 0 saturated carbocycles. The van der Waals surface area contributed by atoms with E-state index in [9.17, 15) is 9.59 Å². The summed E-state index contributed by atoms with van der Waals surface area (Å²) in [4.78, 5) is 32.9. The van der Waals surface area contributed by atoms with Gasteiger partial charge in [0, 0.05) is 37.1 Å². The highest BCUT2D eigenvalue weighted by Crippen LogP contribution is 2.25. The maximum Gasteiger partial charge on any atom is 0.270 e. The smallest absolute Gasteiger partial charge is 0.270 e. The zero-order valence-electron chi connectivity index (χ0n) is 18.1. The van der Waals surface area contributed by atoms with Gasteiger partial charge in [0.15, 0.2) is 0 Å². The largest absolute Gasteiger partial charge is 0.495 e. The van der Waals surface area contributed by atoms with Crippen LogP contribution in [0.25, 0.3) is 10.9 Å². The minimum atomic E-state index is -0.310. The molecule has 3 aromatic rings. The van der Waals surface area contributed by atoms with Crippen molar-refractivity contribution in [3.8, 4) is 5.75 Å². The summed E-state index contributed by atoms with van der Waals surface area (Å²) in [6.07, 6.45) is 0. The lowest BCUT2D eigenvalue weighted by Gasteiger charge is -2.37. The SMILES string of the molecule is COc1ccc(C)cc1NC(=O)C(C)N1CCN(C(=O)c2cc3ccccc3[nH]2)CC1. The number of amides is 2. The van der Waals surface area contributed by atoms with Crippen molar-refractivity contribution < 1.29 is 14.3 Å². The third-order valence-corrected chi connectivity index (χ3v) is 5.90. The third-order valence-electron chi connectivity index (χ3n) is 5.90. The Morgan fingerprint density at radius 1 is 1.06 bits per heavy atom. The number of hydrogen-bond donors (Lipinski definition) is 2. The predicted octanol–water partition coefficient (Wildman–Crippen LogP) is 3.27. The van der Waals surface area contributed by atoms with E-state index in [2.05, 4.69) is 15.2 Å². The molecule has 162 valence electrons. The van der Waals surface area contributed by atoms with Crippen LogP contribution in [0.4, 0.5) is 5.69 Å². The number of aromatic amines is 1. The van der Waals surface area contributed by atoms with Gasteiger partial charge >= 0.3 is 0 Å². The Balaban J connectivity index is 1.36. The molecule has 4 rings (SSSR count). The molecule has 0 radical (unpaired) electrons. The van der Waals surface area contributed by atoms with E-state index in [0.29, 0.717) is 43.3 Å². The van der Waals surface area contributed by atoms with Crippen LogP contribution in [0.5, 0.6) is 5.75 Å². The third kappa shape index (κ3) is 4.41. The molecule has 31 heavy (non-hydrogen) atoms. The number of H-pyrrole nitrogens is 1. The van der Waals surface area contributed by atoms with Crippen molar-refractivity contribution >= 4 is 28.4 Å². The summed E-state index contributed by atoms with van der Waals surface area (Å²) in [5.74, 6) is 0.552. The number of carbonyl (C=O) groups is 2. The molecule has 0 aliphatic carbocycles. The van der Waals surface area contributed by atoms with Crippen LogP contribution in [0, 0.1) is 6.92 Å². The second kappa shape index (κ2) is 8.81. The number of benzene rings is 2. The van der Waals surface area contributed by atoms with E-state index < -0.39 is 0 Å². The molecular formula is C24H28N4O3. The van der Waals surface area contributed by atoms with Crippen molar-refractivity contribution in [1.82, 2.24) is 14.8 Å². The fraction of sp³-hybridized carbons (Fsp3) is 0.333. The van der Waals surface area contributed by atoms with Gasteiger partial charge in [0.1, 0.15) is 11.4 Å². The quantitative estimate of drug-likeness (QED) is 0.664. The highest BCUT2D eigenvalue weighted by molar-refractivity contribution is 5.98. The van der Waals surface area contributed by atoms with Crippen molar-refractivity contribution in [2.75, 3.05) is 38.6 Å². The molecule has 1 saturated heterocycles. The summed E-state index contributed by atoms with van der Waals surface area (Å²) in [5.41, 5.74) is 3.29. The Labute approximate surface area is 182 Å². The molecule has 7 nitrogen and oxygen atoms in total. The molecule has 1 aromatic heterocycles. The van der Waals surface area contributed by atoms with Crippen molar-refractivity contribution in [1.29, 1.82) is 0 Å². The highest BCUT2D eigenvalue weighted by atomic mass is 16.5. The van der Waals surface area contributed by atoms with E-state index in [0.717, 1.165) is 16.5 Å². The van der Waals surface area contributed by atoms with Crippen molar-refractivity contribution in [3.05, 3.63) is 59.8 Å². The number of rotatable bonds is 5. The fourth-order valence-electron chi connectivity index (χ4n) is 3.99. The number of anilines is 1. The van der Waals surface area contributed by atoms with Gasteiger partial charge in [-0.3, -0.25) is 14.5 Å². The van der Waals surface area contributed by atoms with Crippen molar-refractivity contribution in [2.24, 2.45) is 0 Å². The minimum absolute atomic E-state index is 0.00236. The van der Waals surface area contributed by atoms with Gasteiger partial charge in [0.25, 0.3) is 5.91 Å². The van der Waals surface area contributed by atoms with E-state index >= 15 is 0 Å². The summed E-state index contributed by atoms with van der Waals surface area (Å²) in [7, 11) is 1.59. The van der Waals surface area contributed by atoms with E-state index in [1.807, 2.05) is 67.3 Å². The molecule has 1 fully saturated rings. The zero-order valence-corrected chi connectivity index (χ0v) is 18.1. The van der Waals surface area contributed by atoms with Crippen LogP contribution in [-0.4, -0.2) is 65.9 Å². The topological polar surface area (TPSA) is 77.7 Å². The number of carbonyl (C=O) groups excluding carboxylic acids is 2. The van der Waals surface area contributed by atoms with Gasteiger partial charge in [-0.15, -0.1) is 0 Å². The van der Waals surface area contributed by atoms with Gasteiger partial charge in [0.2, 0.25) is 5.91 Å². The van der Waals surface area contributed by atoms with Gasteiger partial charge in [-0.05, 0) is 43.7 Å². The van der Waals surface area contributed by atoms with Crippen LogP contribution < -0.4 is 10.1 Å². The second-order valence-electron chi connectivity index (χ2n) is 7.97. The average Bonchev–Trinajstić information content (AvgIpc) is 3.22. The number of para-hydroxylation sites is 1. The number of nitrogens with one attached hydrogen (secondary N) is 2. The Hall–Kier alpha value is -3.32. The number of methoxy groups -OCH3 is 1. The summed E-state index contributed by atoms with van der Waals surface area (Å²) in [6.45, 7) is 6.32. The summed E-state index contributed by atoms with van der Waals surface area (Å²) in [6, 6.07) is 15.2. The number of fused-ring (bicyclic) bond motifs is 1. The molecule has 0 spiro atoms. The van der Waals surface area contributed by atoms with Crippen LogP contribution in [0.2, 0.25) is 0 Å². The molecule has 1 aliphatic rings. The second-order valence-corrected chi connectivity index (χ2v) is 7.97. The van der Waals surface area contributed by atoms with E-state index in [4.69, 9.17) is 4.74 Å². The van der Waals surface area contributed by atoms with Crippen LogP contribution in [0.3, 0.4) is 0 Å². The first kappa shape index (κ1) is 20.9. The molecule has 1 unspecified atom stereocenters. The molecule has 2 heterocycles. The standard InChI is InChI=1S/C24H28N4O3/c1-16-8-9-22(31-3)20(14-16)26-23(29)17(2)27-10-12-28(13-11-27)24(30)21-15-18-6-4-5-7-19(18)25-21/h4-9,14-15,17,25H,10-13H2,1-3H3,(H,26,29). The molecule has 0 bridgehead atoms. The lowest BCUT2D eigenvalue weighted by atomic mass is 10.1. The number of piperazine rings is 1. The lowest BCUT2D eigenvalue weighted by Crippen LogP contribution is -2.54. The normalized spacial score (nSPS) is 15.6. The van der Waals surface area contributed by atoms with Gasteiger partial charge in [0.05, 0.1) is 18.8 Å². The predicted molar refractivity (Wildman–Crippen MR) is 122 cm³/mol. The Bertz CT molecular complexity index is 1070. The molecular weight excluding hydrogens is 392 g/mol. The summed E-state index contributed by atoms with van der Waals surface area (Å²) < 4.78 is 5.36. The first-order valence-corrected chi connectivity index (χ1v) is 10.5. The number of aryl methyl sites for hydroxylation is 1. The Morgan fingerprint density at radius 3 is 2.52 bits per heavy atom. The molecule has 2 amide bonds. The van der Waals surface area contributed by atoms with E-state index in [1.165, 1.54) is 0 Å². The Morgan fingerprint density at radius 2 is 1.81 bits per heavy atom. The number of nitrogens with zero attached hydrogens (tertiary/aromatic N) is 2. The van der Waals surface area contributed by atoms with Gasteiger partial charge in [-0.1, -0.05) is 24.3 Å². The average molecular weight is 421 g/mol. The maximum atomic E-state index is 12.9. The van der Waals surface area contributed by atoms with Crippen molar-refractivity contribution in [2.45, 2.75) is 19.9 Å². The van der Waals surface area contributed by atoms with E-state index in [-0.39, 0.29) is 17.9 Å². The van der Waals surface area contributed by atoms with Gasteiger partial charge in [-0.25, -0.2) is 0 Å². The van der Waals surface area contributed by atoms with Crippen molar-refractivity contribution in [3.63, 3.8) is 0 Å². The maximum absolute atomic E-state index is 12.9. The molecule has 1 atom stereocenters. The monoisotopic (exact) mass is 420 g/mol. The van der Waals surface area contributed by atoms with Crippen LogP contribution in [-0.2, 0) is 4.79 Å². The minimum Gasteiger partial charge on any atom is -0.495 e. The van der Waals surface area contributed by atoms with Crippen LogP contribution >= 0.6 is 0 Å². The lowest BCUT2D eigenvalue weighted by molar-refractivity contribution is -0.121. The molecule has 2 N–H and O–H groups in total. The highest BCUT2D eigenvalue weighted by Gasteiger charge is 2.28. The first-order chi connectivity index (χ1) is 15.0. The number of ether oxygens (including phenoxy) is 1. The van der Waals surface area contributed by atoms with Crippen LogP contribution in [0.15, 0.2) is 48.5 Å². The zero-order chi connectivity index (χ0) is 22.0. The number of hydrogen-bond acceptors (Lipinski definition) is 4. The molecule has 1 aliphatic heterocycles. The summed E-state index contributed by atoms with van der Waals surface area (Å²) >= 11 is 0. The van der Waals surface area contributed by atoms with Crippen LogP contribution in [0.1, 0.15) is 23.0 Å². The number of aromatic nitrogens is 1. The van der Waals surface area contributed by atoms with E-state index in [1.54, 1.807) is 7.11 Å². The molecule has 7 heteroatoms. The fourth-order valence-corrected chi connectivity index (χ4v) is 3.99. The Kier molecular flexibility index (Phi) is 5.95.